The molecule has 1 aliphatic carbocycles. The van der Waals surface area contributed by atoms with Gasteiger partial charge >= 0.3 is 0 Å². The molecule has 3 heteroatoms. The number of carbonyl (C=O) groups is 1. The van der Waals surface area contributed by atoms with Crippen LogP contribution in [0.4, 0.5) is 0 Å². The summed E-state index contributed by atoms with van der Waals surface area (Å²) in [5.41, 5.74) is -0.519. The molecule has 0 N–H and O–H groups in total. The molecule has 0 saturated carbocycles. The Balaban J connectivity index is 2.43. The third-order valence-corrected chi connectivity index (χ3v) is 4.68. The topological polar surface area (TPSA) is 30.7 Å². The second kappa shape index (κ2) is 4.45. The van der Waals surface area contributed by atoms with Crippen LogP contribution < -0.4 is 0 Å². The number of ketones is 1. The average Bonchev–Trinajstić information content (AvgIpc) is 2.33. The highest BCUT2D eigenvalue weighted by Gasteiger charge is 2.54. The van der Waals surface area contributed by atoms with Crippen molar-refractivity contribution >= 4 is 5.78 Å². The van der Waals surface area contributed by atoms with Crippen LogP contribution in [-0.4, -0.2) is 18.0 Å². The van der Waals surface area contributed by atoms with Gasteiger partial charge in [-0.15, -0.1) is 0 Å². The maximum Gasteiger partial charge on any atom is 0.226 e. The summed E-state index contributed by atoms with van der Waals surface area (Å²) in [6.07, 6.45) is 3.93. The molecular weight excluding hydrogens is 238 g/mol. The van der Waals surface area contributed by atoms with Crippen LogP contribution in [0.25, 0.3) is 4.85 Å². The number of fused-ring (bicyclic) bond motifs is 1. The molecule has 0 radical (unpaired) electrons. The summed E-state index contributed by atoms with van der Waals surface area (Å²) in [6, 6.07) is 0. The molecule has 0 bridgehead atoms. The molecule has 19 heavy (non-hydrogen) atoms. The molecule has 0 aromatic carbocycles. The molecule has 0 aromatic rings. The van der Waals surface area contributed by atoms with E-state index < -0.39 is 5.41 Å². The van der Waals surface area contributed by atoms with Gasteiger partial charge in [0.1, 0.15) is 0 Å². The fourth-order valence-electron chi connectivity index (χ4n) is 3.53. The minimum Gasteiger partial charge on any atom is -0.373 e. The Morgan fingerprint density at radius 3 is 2.58 bits per heavy atom. The van der Waals surface area contributed by atoms with Gasteiger partial charge in [0, 0.05) is 10.8 Å². The summed E-state index contributed by atoms with van der Waals surface area (Å²) >= 11 is 0. The molecule has 1 aliphatic heterocycles. The fraction of sp³-hybridized carbons (Fsp3) is 0.750. The number of Topliss-reactive ketones (excluding diaryl/α,β-unsaturated/α-hetero) is 1. The molecule has 0 aromatic heterocycles. The molecule has 0 unspecified atom stereocenters. The number of hydrogen-bond donors (Lipinski definition) is 0. The summed E-state index contributed by atoms with van der Waals surface area (Å²) in [5.74, 6) is 0.385. The summed E-state index contributed by atoms with van der Waals surface area (Å²) in [5, 5.41) is 0. The van der Waals surface area contributed by atoms with Crippen molar-refractivity contribution in [1.82, 2.24) is 0 Å². The van der Waals surface area contributed by atoms with Gasteiger partial charge in [0.25, 0.3) is 0 Å². The van der Waals surface area contributed by atoms with E-state index in [0.29, 0.717) is 5.92 Å². The third kappa shape index (κ3) is 2.12. The highest BCUT2D eigenvalue weighted by atomic mass is 16.5. The van der Waals surface area contributed by atoms with Crippen LogP contribution in [0.5, 0.6) is 0 Å². The van der Waals surface area contributed by atoms with Crippen molar-refractivity contribution in [2.45, 2.75) is 59.7 Å². The van der Waals surface area contributed by atoms with Crippen LogP contribution in [0.2, 0.25) is 0 Å². The smallest absolute Gasteiger partial charge is 0.226 e. The van der Waals surface area contributed by atoms with Crippen molar-refractivity contribution in [3.8, 4) is 0 Å². The Bertz CT molecular complexity index is 470. The quantitative estimate of drug-likeness (QED) is 0.675. The van der Waals surface area contributed by atoms with Crippen LogP contribution in [-0.2, 0) is 9.53 Å². The van der Waals surface area contributed by atoms with Gasteiger partial charge in [-0.25, -0.2) is 4.85 Å². The normalized spacial score (nSPS) is 37.5. The van der Waals surface area contributed by atoms with Crippen molar-refractivity contribution in [1.29, 1.82) is 0 Å². The molecule has 3 nitrogen and oxygen atoms in total. The minimum atomic E-state index is -0.614. The number of ether oxygens (including phenoxy) is 1. The molecule has 2 rings (SSSR count). The summed E-state index contributed by atoms with van der Waals surface area (Å²) in [4.78, 5) is 15.8. The van der Waals surface area contributed by atoms with Crippen LogP contribution in [0, 0.1) is 23.3 Å². The number of nitrogens with zero attached hydrogens (tertiary/aromatic N) is 1. The van der Waals surface area contributed by atoms with E-state index in [2.05, 4.69) is 25.6 Å². The van der Waals surface area contributed by atoms with E-state index in [4.69, 9.17) is 11.3 Å². The van der Waals surface area contributed by atoms with Crippen LogP contribution in [0.3, 0.4) is 0 Å². The zero-order valence-electron chi connectivity index (χ0n) is 12.5. The molecule has 0 spiro atoms. The average molecular weight is 261 g/mol. The predicted molar refractivity (Wildman–Crippen MR) is 74.3 cm³/mol. The summed E-state index contributed by atoms with van der Waals surface area (Å²) in [7, 11) is 0. The third-order valence-electron chi connectivity index (χ3n) is 4.68. The zero-order valence-corrected chi connectivity index (χ0v) is 12.5. The standard InChI is InChI=1S/C16H23NO2/c1-10(2)12-7-8-16(5)9-11(17-6)13(18)15(3,4)14(16)19-12/h9-10,12,14H,7-8H2,1-5H3/t12-,14+,16+/m1/s1. The first-order valence-corrected chi connectivity index (χ1v) is 7.03. The second-order valence-electron chi connectivity index (χ2n) is 7.04. The van der Waals surface area contributed by atoms with Crippen LogP contribution >= 0.6 is 0 Å². The van der Waals surface area contributed by atoms with Gasteiger partial charge in [0.05, 0.1) is 18.8 Å². The van der Waals surface area contributed by atoms with E-state index >= 15 is 0 Å². The lowest BCUT2D eigenvalue weighted by atomic mass is 9.60. The number of allylic oxidation sites excluding steroid dienone is 1. The van der Waals surface area contributed by atoms with Crippen molar-refractivity contribution in [2.24, 2.45) is 16.7 Å². The van der Waals surface area contributed by atoms with Crippen molar-refractivity contribution in [3.63, 3.8) is 0 Å². The SMILES string of the molecule is [C-]#[N+]C1=C[C@]2(C)CC[C@H](C(C)C)O[C@H]2C(C)(C)C1=O. The maximum absolute atomic E-state index is 12.4. The van der Waals surface area contributed by atoms with Gasteiger partial charge < -0.3 is 9.53 Å². The second-order valence-corrected chi connectivity index (χ2v) is 7.04. The van der Waals surface area contributed by atoms with Gasteiger partial charge in [-0.1, -0.05) is 40.7 Å². The Hall–Kier alpha value is -1.14. The lowest BCUT2D eigenvalue weighted by Gasteiger charge is -2.52. The molecule has 104 valence electrons. The van der Waals surface area contributed by atoms with Crippen LogP contribution in [0.15, 0.2) is 11.8 Å². The van der Waals surface area contributed by atoms with Crippen LogP contribution in [0.1, 0.15) is 47.5 Å². The largest absolute Gasteiger partial charge is 0.373 e. The van der Waals surface area contributed by atoms with E-state index in [1.165, 1.54) is 0 Å². The van der Waals surface area contributed by atoms with Crippen molar-refractivity contribution in [3.05, 3.63) is 23.2 Å². The summed E-state index contributed by atoms with van der Waals surface area (Å²) in [6.45, 7) is 17.5. The number of rotatable bonds is 1. The first-order valence-electron chi connectivity index (χ1n) is 7.03. The van der Waals surface area contributed by atoms with E-state index in [0.717, 1.165) is 12.8 Å². The number of hydrogen-bond acceptors (Lipinski definition) is 2. The highest BCUT2D eigenvalue weighted by Crippen LogP contribution is 2.51. The first kappa shape index (κ1) is 14.3. The Labute approximate surface area is 115 Å². The molecular formula is C16H23NO2. The highest BCUT2D eigenvalue weighted by molar-refractivity contribution is 6.02. The Morgan fingerprint density at radius 1 is 1.42 bits per heavy atom. The predicted octanol–water partition coefficient (Wildman–Crippen LogP) is 3.61. The zero-order chi connectivity index (χ0) is 14.4. The Morgan fingerprint density at radius 2 is 2.05 bits per heavy atom. The van der Waals surface area contributed by atoms with Gasteiger partial charge in [0.2, 0.25) is 5.70 Å². The molecule has 1 fully saturated rings. The van der Waals surface area contributed by atoms with Gasteiger partial charge in [-0.3, -0.25) is 0 Å². The molecule has 3 atom stereocenters. The van der Waals surface area contributed by atoms with E-state index in [-0.39, 0.29) is 29.1 Å². The van der Waals surface area contributed by atoms with E-state index in [1.807, 2.05) is 19.9 Å². The summed E-state index contributed by atoms with van der Waals surface area (Å²) < 4.78 is 6.26. The fourth-order valence-corrected chi connectivity index (χ4v) is 3.53. The van der Waals surface area contributed by atoms with E-state index in [1.54, 1.807) is 0 Å². The van der Waals surface area contributed by atoms with Gasteiger partial charge in [-0.05, 0) is 18.8 Å². The molecule has 0 amide bonds. The van der Waals surface area contributed by atoms with Crippen molar-refractivity contribution < 1.29 is 9.53 Å². The maximum atomic E-state index is 12.4. The lowest BCUT2D eigenvalue weighted by Crippen LogP contribution is -2.56. The van der Waals surface area contributed by atoms with E-state index in [9.17, 15) is 4.79 Å². The molecule has 1 saturated heterocycles. The van der Waals surface area contributed by atoms with Crippen molar-refractivity contribution in [2.75, 3.05) is 0 Å². The molecule has 1 heterocycles. The first-order chi connectivity index (χ1) is 8.72. The number of carbonyl (C=O) groups excluding carboxylic acids is 1. The monoisotopic (exact) mass is 261 g/mol. The molecule has 2 aliphatic rings. The van der Waals surface area contributed by atoms with Gasteiger partial charge in [-0.2, -0.15) is 0 Å². The lowest BCUT2D eigenvalue weighted by molar-refractivity contribution is -0.178. The van der Waals surface area contributed by atoms with Gasteiger partial charge in [0.15, 0.2) is 5.78 Å². The minimum absolute atomic E-state index is 0.0746. The Kier molecular flexibility index (Phi) is 3.35.